The number of amidine groups is 1. The number of aliphatic imine (C=N–C) groups is 1. The smallest absolute Gasteiger partial charge is 0.253 e. The van der Waals surface area contributed by atoms with E-state index in [9.17, 15) is 13.2 Å². The van der Waals surface area contributed by atoms with Crippen LogP contribution in [0.3, 0.4) is 0 Å². The fourth-order valence-electron chi connectivity index (χ4n) is 4.94. The minimum Gasteiger partial charge on any atom is -0.493 e. The first-order valence-electron chi connectivity index (χ1n) is 15.4. The molecular weight excluding hydrogens is 702 g/mol. The van der Waals surface area contributed by atoms with Gasteiger partial charge in [0.1, 0.15) is 27.9 Å². The van der Waals surface area contributed by atoms with Crippen LogP contribution >= 0.6 is 46.4 Å². The number of hydrogen-bond donors (Lipinski definition) is 2. The number of amides is 1. The molecule has 3 aromatic rings. The van der Waals surface area contributed by atoms with Crippen molar-refractivity contribution < 1.29 is 17.9 Å². The number of halogens is 4. The van der Waals surface area contributed by atoms with Gasteiger partial charge in [-0.1, -0.05) is 106 Å². The van der Waals surface area contributed by atoms with Crippen LogP contribution in [0.1, 0.15) is 78.4 Å². The van der Waals surface area contributed by atoms with Crippen molar-refractivity contribution in [2.75, 3.05) is 18.2 Å². The fraction of sp³-hybridized carbons (Fsp3) is 0.412. The lowest BCUT2D eigenvalue weighted by atomic mass is 9.76. The molecular formula is C34H40Cl4N4O4S. The molecule has 47 heavy (non-hydrogen) atoms. The molecule has 1 fully saturated rings. The number of sulfonamides is 1. The van der Waals surface area contributed by atoms with Crippen molar-refractivity contribution in [3.8, 4) is 5.75 Å². The summed E-state index contributed by atoms with van der Waals surface area (Å²) in [6.45, 7) is 13.7. The summed E-state index contributed by atoms with van der Waals surface area (Å²) in [5.41, 5.74) is 5.40. The molecule has 0 saturated carbocycles. The van der Waals surface area contributed by atoms with Gasteiger partial charge in [0.05, 0.1) is 28.1 Å². The lowest BCUT2D eigenvalue weighted by molar-refractivity contribution is -0.116. The molecule has 0 unspecified atom stereocenters. The number of rotatable bonds is 13. The van der Waals surface area contributed by atoms with Crippen molar-refractivity contribution in [2.24, 2.45) is 4.99 Å². The monoisotopic (exact) mass is 740 g/mol. The molecule has 0 aliphatic carbocycles. The molecule has 254 valence electrons. The van der Waals surface area contributed by atoms with Gasteiger partial charge in [-0.3, -0.25) is 10.2 Å². The summed E-state index contributed by atoms with van der Waals surface area (Å²) in [5, 5.41) is 1.86. The Morgan fingerprint density at radius 2 is 1.60 bits per heavy atom. The molecule has 4 rings (SSSR count). The van der Waals surface area contributed by atoms with Crippen LogP contribution in [0.25, 0.3) is 0 Å². The van der Waals surface area contributed by atoms with Crippen LogP contribution in [0.4, 0.5) is 11.4 Å². The number of carbonyl (C=O) groups excluding carboxylic acids is 1. The summed E-state index contributed by atoms with van der Waals surface area (Å²) in [6.07, 6.45) is 2.21. The van der Waals surface area contributed by atoms with Crippen LogP contribution in [0.15, 0.2) is 58.4 Å². The third kappa shape index (κ3) is 8.56. The first kappa shape index (κ1) is 37.3. The van der Waals surface area contributed by atoms with Gasteiger partial charge < -0.3 is 4.74 Å². The Morgan fingerprint density at radius 3 is 2.23 bits per heavy atom. The Morgan fingerprint density at radius 1 is 0.936 bits per heavy atom. The maximum Gasteiger partial charge on any atom is 0.253 e. The van der Waals surface area contributed by atoms with Crippen LogP contribution in [-0.2, 0) is 25.6 Å². The number of hydrogen-bond acceptors (Lipinski definition) is 5. The lowest BCUT2D eigenvalue weighted by Crippen LogP contribution is -2.36. The van der Waals surface area contributed by atoms with Gasteiger partial charge in [0.25, 0.3) is 5.91 Å². The number of anilines is 1. The first-order valence-corrected chi connectivity index (χ1v) is 18.4. The number of hydrazine groups is 1. The second-order valence-corrected chi connectivity index (χ2v) is 16.1. The Balaban J connectivity index is 1.47. The van der Waals surface area contributed by atoms with Gasteiger partial charge in [-0.05, 0) is 66.0 Å². The van der Waals surface area contributed by atoms with E-state index in [1.165, 1.54) is 35.9 Å². The summed E-state index contributed by atoms with van der Waals surface area (Å²) in [4.78, 5) is 17.2. The molecule has 13 heteroatoms. The van der Waals surface area contributed by atoms with Gasteiger partial charge in [0.15, 0.2) is 0 Å². The first-order chi connectivity index (χ1) is 22.0. The van der Waals surface area contributed by atoms with E-state index in [1.807, 2.05) is 6.07 Å². The highest BCUT2D eigenvalue weighted by Crippen LogP contribution is 2.40. The number of ether oxygens (including phenoxy) is 1. The van der Waals surface area contributed by atoms with Crippen LogP contribution in [0.2, 0.25) is 20.1 Å². The molecule has 3 aromatic carbocycles. The zero-order valence-corrected chi connectivity index (χ0v) is 31.1. The van der Waals surface area contributed by atoms with Crippen LogP contribution in [-0.4, -0.2) is 33.3 Å². The summed E-state index contributed by atoms with van der Waals surface area (Å²) in [7, 11) is -4.04. The van der Waals surface area contributed by atoms with Gasteiger partial charge in [-0.15, -0.1) is 0 Å². The van der Waals surface area contributed by atoms with Crippen molar-refractivity contribution in [2.45, 2.75) is 83.0 Å². The van der Waals surface area contributed by atoms with Crippen molar-refractivity contribution in [3.05, 3.63) is 79.7 Å². The summed E-state index contributed by atoms with van der Waals surface area (Å²) in [6, 6.07) is 13.8. The van der Waals surface area contributed by atoms with Gasteiger partial charge >= 0.3 is 0 Å². The van der Waals surface area contributed by atoms with Gasteiger partial charge in [0.2, 0.25) is 10.0 Å². The molecule has 0 spiro atoms. The minimum absolute atomic E-state index is 0.00935. The summed E-state index contributed by atoms with van der Waals surface area (Å²) < 4.78 is 35.7. The second-order valence-electron chi connectivity index (χ2n) is 12.7. The SMILES string of the molecule is CCC(C)(C)c1ccc(OCCCNS(=O)(=O)c2cccc(Cl)c2N=C2CC(=O)N(c3c(Cl)cc(Cl)cc3Cl)N2)c(C(C)(C)CC)c1. The Bertz CT molecular complexity index is 1770. The number of carbonyl (C=O) groups is 1. The molecule has 1 heterocycles. The number of nitrogens with one attached hydrogen (secondary N) is 2. The molecule has 0 bridgehead atoms. The summed E-state index contributed by atoms with van der Waals surface area (Å²) >= 11 is 25.1. The molecule has 1 aliphatic heterocycles. The van der Waals surface area contributed by atoms with E-state index in [0.717, 1.165) is 29.2 Å². The molecule has 1 aliphatic rings. The highest BCUT2D eigenvalue weighted by Gasteiger charge is 2.32. The topological polar surface area (TPSA) is 100 Å². The van der Waals surface area contributed by atoms with Crippen molar-refractivity contribution >= 4 is 79.5 Å². The minimum atomic E-state index is -4.04. The van der Waals surface area contributed by atoms with Gasteiger partial charge in [-0.2, -0.15) is 0 Å². The molecule has 8 nitrogen and oxygen atoms in total. The molecule has 1 saturated heterocycles. The van der Waals surface area contributed by atoms with E-state index in [-0.39, 0.29) is 61.0 Å². The van der Waals surface area contributed by atoms with Crippen LogP contribution in [0, 0.1) is 0 Å². The van der Waals surface area contributed by atoms with E-state index in [1.54, 1.807) is 0 Å². The van der Waals surface area contributed by atoms with Crippen LogP contribution < -0.4 is 19.9 Å². The molecule has 0 aromatic heterocycles. The molecule has 2 N–H and O–H groups in total. The zero-order valence-electron chi connectivity index (χ0n) is 27.3. The molecule has 0 radical (unpaired) electrons. The standard InChI is InChI=1S/C34H40Cl4N4O4S/c1-7-33(3,4)21-13-14-27(23(17-21)34(5,6)8-2)46-16-10-15-39-47(44,45)28-12-9-11-24(36)31(28)40-29-20-30(43)42(41-29)32-25(37)18-22(35)19-26(32)38/h9,11-14,17-19,39H,7-8,10,15-16,20H2,1-6H3,(H,40,41). The predicted molar refractivity (Wildman–Crippen MR) is 194 cm³/mol. The average Bonchev–Trinajstić information content (AvgIpc) is 3.36. The largest absolute Gasteiger partial charge is 0.493 e. The van der Waals surface area contributed by atoms with E-state index >= 15 is 0 Å². The Hall–Kier alpha value is -2.53. The highest BCUT2D eigenvalue weighted by molar-refractivity contribution is 7.89. The molecule has 0 atom stereocenters. The summed E-state index contributed by atoms with van der Waals surface area (Å²) in [5.74, 6) is 0.560. The third-order valence-corrected chi connectivity index (χ3v) is 11.2. The van der Waals surface area contributed by atoms with E-state index < -0.39 is 15.9 Å². The van der Waals surface area contributed by atoms with Gasteiger partial charge in [-0.25, -0.2) is 23.1 Å². The predicted octanol–water partition coefficient (Wildman–Crippen LogP) is 9.39. The number of nitrogens with zero attached hydrogens (tertiary/aromatic N) is 2. The zero-order chi connectivity index (χ0) is 34.7. The highest BCUT2D eigenvalue weighted by atomic mass is 35.5. The fourth-order valence-corrected chi connectivity index (χ4v) is 7.44. The van der Waals surface area contributed by atoms with E-state index in [2.05, 4.69) is 68.8 Å². The Labute approximate surface area is 297 Å². The number of benzene rings is 3. The Kier molecular flexibility index (Phi) is 11.8. The normalized spacial score (nSPS) is 15.0. The van der Waals surface area contributed by atoms with Crippen molar-refractivity contribution in [1.82, 2.24) is 10.1 Å². The van der Waals surface area contributed by atoms with E-state index in [4.69, 9.17) is 51.1 Å². The number of para-hydroxylation sites is 1. The third-order valence-electron chi connectivity index (χ3n) is 8.63. The molecule has 1 amide bonds. The van der Waals surface area contributed by atoms with Crippen molar-refractivity contribution in [3.63, 3.8) is 0 Å². The van der Waals surface area contributed by atoms with Crippen molar-refractivity contribution in [1.29, 1.82) is 0 Å². The van der Waals surface area contributed by atoms with Crippen LogP contribution in [0.5, 0.6) is 5.75 Å². The maximum absolute atomic E-state index is 13.4. The van der Waals surface area contributed by atoms with Gasteiger partial charge in [0, 0.05) is 17.1 Å². The average molecular weight is 743 g/mol. The quantitative estimate of drug-likeness (QED) is 0.170. The maximum atomic E-state index is 13.4. The lowest BCUT2D eigenvalue weighted by Gasteiger charge is -2.30. The van der Waals surface area contributed by atoms with E-state index in [0.29, 0.717) is 18.1 Å². The second kappa shape index (κ2) is 14.9.